The number of hydrogen-bond acceptors (Lipinski definition) is 3. The summed E-state index contributed by atoms with van der Waals surface area (Å²) in [5.41, 5.74) is 0. The van der Waals surface area contributed by atoms with Crippen LogP contribution in [0.3, 0.4) is 0 Å². The van der Waals surface area contributed by atoms with Gasteiger partial charge in [0.25, 0.3) is 0 Å². The summed E-state index contributed by atoms with van der Waals surface area (Å²) in [5, 5.41) is 0. The Balaban J connectivity index is 0.00000361. The molecule has 0 aliphatic carbocycles. The standard InChI is InChI=1S/C15H24N2O2.ClH/c1-3-5-7-8-12-19-15(18)13-17-11-10-16(14-17)9-6-4-2;/h5,7-8,10-12H,3-4,6,9,13-14H2,1-2H3;1H. The fraction of sp³-hybridized carbons (Fsp3) is 0.533. The number of unbranched alkanes of at least 4 members (excludes halogenated alkanes) is 1. The van der Waals surface area contributed by atoms with Crippen LogP contribution in [-0.4, -0.2) is 30.6 Å². The summed E-state index contributed by atoms with van der Waals surface area (Å²) in [6.07, 6.45) is 14.5. The fourth-order valence-electron chi connectivity index (χ4n) is 1.83. The van der Waals surface area contributed by atoms with Crippen molar-refractivity contribution in [3.8, 4) is 0 Å². The van der Waals surface area contributed by atoms with Crippen molar-refractivity contribution in [2.75, 3.05) is 19.8 Å². The Kier molecular flexibility index (Phi) is 10.8. The molecule has 5 heteroatoms. The highest BCUT2D eigenvalue weighted by Gasteiger charge is 2.18. The topological polar surface area (TPSA) is 34.0 Å². The number of nitrogens with one attached hydrogen (secondary N) is 1. The van der Waals surface area contributed by atoms with Gasteiger partial charge >= 0.3 is 5.97 Å². The quantitative estimate of drug-likeness (QED) is 0.335. The molecule has 0 saturated carbocycles. The van der Waals surface area contributed by atoms with Crippen LogP contribution in [0.5, 0.6) is 0 Å². The highest BCUT2D eigenvalue weighted by Crippen LogP contribution is 1.94. The molecule has 1 heterocycles. The first kappa shape index (κ1) is 18.7. The second kappa shape index (κ2) is 11.6. The van der Waals surface area contributed by atoms with Gasteiger partial charge in [-0.2, -0.15) is 0 Å². The SMILES string of the molecule is CCC=CC=COC(=O)CN1C=C[NH+](CCCC)C1.[Cl-]. The zero-order valence-electron chi connectivity index (χ0n) is 12.3. The fourth-order valence-corrected chi connectivity index (χ4v) is 1.83. The number of hydrogen-bond donors (Lipinski definition) is 1. The minimum atomic E-state index is -0.220. The molecule has 0 aromatic carbocycles. The van der Waals surface area contributed by atoms with E-state index in [4.69, 9.17) is 4.74 Å². The van der Waals surface area contributed by atoms with Crippen molar-refractivity contribution in [3.05, 3.63) is 36.9 Å². The zero-order chi connectivity index (χ0) is 13.9. The highest BCUT2D eigenvalue weighted by atomic mass is 35.5. The Bertz CT molecular complexity index is 354. The zero-order valence-corrected chi connectivity index (χ0v) is 13.1. The third-order valence-corrected chi connectivity index (χ3v) is 2.87. The highest BCUT2D eigenvalue weighted by molar-refractivity contribution is 5.72. The minimum Gasteiger partial charge on any atom is -1.00 e. The first-order valence-electron chi connectivity index (χ1n) is 7.04. The van der Waals surface area contributed by atoms with E-state index in [0.717, 1.165) is 19.6 Å². The minimum absolute atomic E-state index is 0. The van der Waals surface area contributed by atoms with Gasteiger partial charge in [0, 0.05) is 0 Å². The summed E-state index contributed by atoms with van der Waals surface area (Å²) < 4.78 is 5.01. The van der Waals surface area contributed by atoms with Crippen molar-refractivity contribution in [2.24, 2.45) is 0 Å². The number of halogens is 1. The molecule has 0 spiro atoms. The molecule has 0 amide bonds. The van der Waals surface area contributed by atoms with Crippen molar-refractivity contribution >= 4 is 5.97 Å². The van der Waals surface area contributed by atoms with Crippen molar-refractivity contribution in [3.63, 3.8) is 0 Å². The van der Waals surface area contributed by atoms with E-state index in [1.54, 1.807) is 6.08 Å². The molecule has 0 fully saturated rings. The van der Waals surface area contributed by atoms with Crippen LogP contribution in [0, 0.1) is 0 Å². The molecule has 0 radical (unpaired) electrons. The predicted molar refractivity (Wildman–Crippen MR) is 76.1 cm³/mol. The predicted octanol–water partition coefficient (Wildman–Crippen LogP) is -1.56. The van der Waals surface area contributed by atoms with E-state index in [0.29, 0.717) is 6.54 Å². The number of esters is 1. The van der Waals surface area contributed by atoms with Crippen LogP contribution in [-0.2, 0) is 9.53 Å². The van der Waals surface area contributed by atoms with Crippen LogP contribution in [0.1, 0.15) is 33.1 Å². The average Bonchev–Trinajstić information content (AvgIpc) is 2.83. The maximum atomic E-state index is 11.6. The van der Waals surface area contributed by atoms with Gasteiger partial charge < -0.3 is 22.0 Å². The van der Waals surface area contributed by atoms with Gasteiger partial charge in [0.05, 0.1) is 19.0 Å². The molecule has 1 rings (SSSR count). The molecule has 4 nitrogen and oxygen atoms in total. The lowest BCUT2D eigenvalue weighted by molar-refractivity contribution is -0.849. The maximum Gasteiger partial charge on any atom is 0.330 e. The van der Waals surface area contributed by atoms with Crippen molar-refractivity contribution < 1.29 is 26.8 Å². The largest absolute Gasteiger partial charge is 1.00 e. The summed E-state index contributed by atoms with van der Waals surface area (Å²) in [4.78, 5) is 15.0. The van der Waals surface area contributed by atoms with Gasteiger partial charge in [0.15, 0.2) is 6.67 Å². The monoisotopic (exact) mass is 300 g/mol. The number of nitrogens with zero attached hydrogens (tertiary/aromatic N) is 1. The first-order chi connectivity index (χ1) is 9.26. The van der Waals surface area contributed by atoms with Gasteiger partial charge in [-0.15, -0.1) is 0 Å². The van der Waals surface area contributed by atoms with E-state index in [-0.39, 0.29) is 18.4 Å². The number of carbonyl (C=O) groups excluding carboxylic acids is 1. The lowest BCUT2D eigenvalue weighted by Gasteiger charge is -2.15. The normalized spacial score (nSPS) is 17.9. The van der Waals surface area contributed by atoms with E-state index in [1.807, 2.05) is 23.3 Å². The van der Waals surface area contributed by atoms with Gasteiger partial charge in [-0.05, 0) is 18.9 Å². The van der Waals surface area contributed by atoms with Crippen LogP contribution < -0.4 is 17.3 Å². The maximum absolute atomic E-state index is 11.6. The van der Waals surface area contributed by atoms with Gasteiger partial charge in [0.1, 0.15) is 12.7 Å². The molecular formula is C15H25ClN2O2. The van der Waals surface area contributed by atoms with Crippen molar-refractivity contribution in [1.82, 2.24) is 4.90 Å². The van der Waals surface area contributed by atoms with E-state index >= 15 is 0 Å². The summed E-state index contributed by atoms with van der Waals surface area (Å²) in [6, 6.07) is 0. The van der Waals surface area contributed by atoms with E-state index in [1.165, 1.54) is 24.0 Å². The van der Waals surface area contributed by atoms with Crippen LogP contribution in [0.4, 0.5) is 0 Å². The molecule has 0 saturated heterocycles. The molecule has 1 unspecified atom stereocenters. The summed E-state index contributed by atoms with van der Waals surface area (Å²) in [5.74, 6) is -0.220. The number of allylic oxidation sites excluding steroid dienone is 3. The lowest BCUT2D eigenvalue weighted by atomic mass is 10.3. The molecule has 0 aromatic rings. The van der Waals surface area contributed by atoms with Crippen LogP contribution in [0.25, 0.3) is 0 Å². The Morgan fingerprint density at radius 1 is 1.40 bits per heavy atom. The smallest absolute Gasteiger partial charge is 0.330 e. The molecule has 1 aliphatic heterocycles. The van der Waals surface area contributed by atoms with E-state index in [9.17, 15) is 4.79 Å². The van der Waals surface area contributed by atoms with Gasteiger partial charge in [-0.25, -0.2) is 4.79 Å². The molecule has 1 aliphatic rings. The van der Waals surface area contributed by atoms with Crippen LogP contribution in [0.15, 0.2) is 36.9 Å². The molecular weight excluding hydrogens is 276 g/mol. The second-order valence-electron chi connectivity index (χ2n) is 4.64. The molecule has 1 N–H and O–H groups in total. The van der Waals surface area contributed by atoms with Crippen LogP contribution in [0.2, 0.25) is 0 Å². The number of ether oxygens (including phenoxy) is 1. The third kappa shape index (κ3) is 8.02. The summed E-state index contributed by atoms with van der Waals surface area (Å²) >= 11 is 0. The van der Waals surface area contributed by atoms with E-state index < -0.39 is 0 Å². The molecule has 114 valence electrons. The number of carbonyl (C=O) groups is 1. The van der Waals surface area contributed by atoms with Crippen molar-refractivity contribution in [1.29, 1.82) is 0 Å². The average molecular weight is 301 g/mol. The number of rotatable bonds is 8. The Morgan fingerprint density at radius 2 is 2.20 bits per heavy atom. The molecule has 1 atom stereocenters. The van der Waals surface area contributed by atoms with Gasteiger partial charge in [-0.1, -0.05) is 32.4 Å². The second-order valence-corrected chi connectivity index (χ2v) is 4.64. The molecule has 0 aromatic heterocycles. The lowest BCUT2D eigenvalue weighted by Crippen LogP contribution is -3.07. The Morgan fingerprint density at radius 3 is 2.90 bits per heavy atom. The van der Waals surface area contributed by atoms with Crippen molar-refractivity contribution in [2.45, 2.75) is 33.1 Å². The van der Waals surface area contributed by atoms with E-state index in [2.05, 4.69) is 20.0 Å². The summed E-state index contributed by atoms with van der Waals surface area (Å²) in [7, 11) is 0. The molecule has 0 bridgehead atoms. The van der Waals surface area contributed by atoms with Gasteiger partial charge in [-0.3, -0.25) is 4.90 Å². The number of quaternary nitrogens is 1. The molecule has 20 heavy (non-hydrogen) atoms. The Hall–Kier alpha value is -1.26. The third-order valence-electron chi connectivity index (χ3n) is 2.87. The van der Waals surface area contributed by atoms with Gasteiger partial charge in [0.2, 0.25) is 0 Å². The van der Waals surface area contributed by atoms with Crippen LogP contribution >= 0.6 is 0 Å². The Labute approximate surface area is 128 Å². The summed E-state index contributed by atoms with van der Waals surface area (Å²) in [6.45, 7) is 6.54. The first-order valence-corrected chi connectivity index (χ1v) is 7.04.